The summed E-state index contributed by atoms with van der Waals surface area (Å²) in [6, 6.07) is 5.10. The molecule has 0 saturated carbocycles. The lowest BCUT2D eigenvalue weighted by atomic mass is 10.2. The van der Waals surface area contributed by atoms with Crippen LogP contribution in [0.25, 0.3) is 11.4 Å². The zero-order valence-corrected chi connectivity index (χ0v) is 12.4. The molecule has 1 atom stereocenters. The van der Waals surface area contributed by atoms with Gasteiger partial charge in [-0.3, -0.25) is 4.79 Å². The molecule has 21 heavy (non-hydrogen) atoms. The van der Waals surface area contributed by atoms with E-state index < -0.39 is 0 Å². The Hall–Kier alpha value is -2.41. The van der Waals surface area contributed by atoms with E-state index in [1.165, 1.54) is 0 Å². The highest BCUT2D eigenvalue weighted by Gasteiger charge is 2.13. The molecule has 7 nitrogen and oxygen atoms in total. The molecule has 0 aliphatic carbocycles. The van der Waals surface area contributed by atoms with Crippen LogP contribution in [0.3, 0.4) is 0 Å². The summed E-state index contributed by atoms with van der Waals surface area (Å²) in [4.78, 5) is 14.8. The van der Waals surface area contributed by atoms with Gasteiger partial charge in [0.15, 0.2) is 17.3 Å². The number of hydrogen-bond acceptors (Lipinski definition) is 6. The summed E-state index contributed by atoms with van der Waals surface area (Å²) in [6.45, 7) is 1.84. The smallest absolute Gasteiger partial charge is 0.274 e. The number of methoxy groups -OCH3 is 2. The van der Waals surface area contributed by atoms with Crippen molar-refractivity contribution >= 4 is 0 Å². The Kier molecular flexibility index (Phi) is 4.54. The summed E-state index contributed by atoms with van der Waals surface area (Å²) in [7, 11) is 4.87. The van der Waals surface area contributed by atoms with E-state index in [0.717, 1.165) is 0 Å². The molecule has 1 aromatic heterocycles. The normalized spacial score (nSPS) is 12.0. The molecule has 0 spiro atoms. The SMILES string of the molecule is CNC(C)c1nnc(-c2ccc(OC)c(OC)c2)[nH]c1=O. The maximum Gasteiger partial charge on any atom is 0.274 e. The van der Waals surface area contributed by atoms with Gasteiger partial charge < -0.3 is 19.8 Å². The molecular weight excluding hydrogens is 272 g/mol. The number of ether oxygens (including phenoxy) is 2. The average molecular weight is 290 g/mol. The van der Waals surface area contributed by atoms with Crippen molar-refractivity contribution in [3.8, 4) is 22.9 Å². The van der Waals surface area contributed by atoms with Crippen LogP contribution in [0.5, 0.6) is 11.5 Å². The number of nitrogens with zero attached hydrogens (tertiary/aromatic N) is 2. The van der Waals surface area contributed by atoms with E-state index in [9.17, 15) is 4.79 Å². The highest BCUT2D eigenvalue weighted by atomic mass is 16.5. The van der Waals surface area contributed by atoms with Crippen LogP contribution in [-0.4, -0.2) is 36.4 Å². The molecule has 0 aliphatic rings. The Morgan fingerprint density at radius 1 is 1.19 bits per heavy atom. The highest BCUT2D eigenvalue weighted by Crippen LogP contribution is 2.30. The fourth-order valence-electron chi connectivity index (χ4n) is 1.88. The maximum atomic E-state index is 12.0. The van der Waals surface area contributed by atoms with Gasteiger partial charge in [-0.05, 0) is 32.2 Å². The monoisotopic (exact) mass is 290 g/mol. The van der Waals surface area contributed by atoms with Crippen molar-refractivity contribution in [1.82, 2.24) is 20.5 Å². The molecular formula is C14H18N4O3. The van der Waals surface area contributed by atoms with Gasteiger partial charge in [0, 0.05) is 5.56 Å². The van der Waals surface area contributed by atoms with Crippen LogP contribution in [0, 0.1) is 0 Å². The lowest BCUT2D eigenvalue weighted by Crippen LogP contribution is -2.25. The fourth-order valence-corrected chi connectivity index (χ4v) is 1.88. The van der Waals surface area contributed by atoms with Crippen LogP contribution in [-0.2, 0) is 0 Å². The number of aromatic nitrogens is 3. The molecule has 1 aromatic carbocycles. The Labute approximate surface area is 122 Å². The number of benzene rings is 1. The van der Waals surface area contributed by atoms with Crippen LogP contribution in [0.15, 0.2) is 23.0 Å². The molecule has 1 unspecified atom stereocenters. The first-order chi connectivity index (χ1) is 10.1. The van der Waals surface area contributed by atoms with Crippen LogP contribution >= 0.6 is 0 Å². The Bertz CT molecular complexity index is 684. The van der Waals surface area contributed by atoms with Gasteiger partial charge in [-0.15, -0.1) is 10.2 Å². The number of H-pyrrole nitrogens is 1. The summed E-state index contributed by atoms with van der Waals surface area (Å²) in [5.41, 5.74) is 0.777. The van der Waals surface area contributed by atoms with Crippen molar-refractivity contribution in [2.45, 2.75) is 13.0 Å². The standard InChI is InChI=1S/C14H18N4O3/c1-8(15-2)12-14(19)16-13(18-17-12)9-5-6-10(20-3)11(7-9)21-4/h5-8,15H,1-4H3,(H,16,18,19). The predicted octanol–water partition coefficient (Wildman–Crippen LogP) is 1.13. The lowest BCUT2D eigenvalue weighted by Gasteiger charge is -2.10. The third kappa shape index (κ3) is 3.03. The minimum Gasteiger partial charge on any atom is -0.493 e. The van der Waals surface area contributed by atoms with Crippen molar-refractivity contribution in [3.05, 3.63) is 34.2 Å². The van der Waals surface area contributed by atoms with Crippen LogP contribution in [0.1, 0.15) is 18.7 Å². The Morgan fingerprint density at radius 2 is 1.90 bits per heavy atom. The van der Waals surface area contributed by atoms with Crippen molar-refractivity contribution in [3.63, 3.8) is 0 Å². The zero-order valence-electron chi connectivity index (χ0n) is 12.4. The van der Waals surface area contributed by atoms with Crippen LogP contribution in [0.4, 0.5) is 0 Å². The molecule has 0 radical (unpaired) electrons. The van der Waals surface area contributed by atoms with Gasteiger partial charge >= 0.3 is 0 Å². The van der Waals surface area contributed by atoms with E-state index in [1.807, 2.05) is 6.92 Å². The molecule has 0 amide bonds. The first kappa shape index (κ1) is 15.0. The van der Waals surface area contributed by atoms with E-state index in [2.05, 4.69) is 20.5 Å². The highest BCUT2D eigenvalue weighted by molar-refractivity contribution is 5.60. The summed E-state index contributed by atoms with van der Waals surface area (Å²) in [5.74, 6) is 1.55. The van der Waals surface area contributed by atoms with E-state index in [-0.39, 0.29) is 11.6 Å². The molecule has 0 fully saturated rings. The molecule has 2 aromatic rings. The first-order valence-corrected chi connectivity index (χ1v) is 6.47. The Morgan fingerprint density at radius 3 is 2.48 bits per heavy atom. The summed E-state index contributed by atoms with van der Waals surface area (Å²) >= 11 is 0. The molecule has 0 bridgehead atoms. The fraction of sp³-hybridized carbons (Fsp3) is 0.357. The van der Waals surface area contributed by atoms with Crippen molar-refractivity contribution in [1.29, 1.82) is 0 Å². The second-order valence-corrected chi connectivity index (χ2v) is 4.47. The van der Waals surface area contributed by atoms with Crippen molar-refractivity contribution in [2.24, 2.45) is 0 Å². The molecule has 2 N–H and O–H groups in total. The first-order valence-electron chi connectivity index (χ1n) is 6.47. The Balaban J connectivity index is 2.43. The number of aromatic amines is 1. The molecule has 1 heterocycles. The molecule has 0 aliphatic heterocycles. The van der Waals surface area contributed by atoms with E-state index >= 15 is 0 Å². The van der Waals surface area contributed by atoms with Gasteiger partial charge in [0.25, 0.3) is 5.56 Å². The third-order valence-corrected chi connectivity index (χ3v) is 3.22. The predicted molar refractivity (Wildman–Crippen MR) is 78.7 cm³/mol. The quantitative estimate of drug-likeness (QED) is 0.858. The largest absolute Gasteiger partial charge is 0.493 e. The minimum absolute atomic E-state index is 0.166. The summed E-state index contributed by atoms with van der Waals surface area (Å²) < 4.78 is 10.4. The number of hydrogen-bond donors (Lipinski definition) is 2. The minimum atomic E-state index is -0.267. The van der Waals surface area contributed by atoms with Crippen LogP contribution in [0.2, 0.25) is 0 Å². The second-order valence-electron chi connectivity index (χ2n) is 4.47. The van der Waals surface area contributed by atoms with Gasteiger partial charge in [0.05, 0.1) is 20.3 Å². The van der Waals surface area contributed by atoms with Crippen molar-refractivity contribution in [2.75, 3.05) is 21.3 Å². The van der Waals surface area contributed by atoms with E-state index in [4.69, 9.17) is 9.47 Å². The van der Waals surface area contributed by atoms with Gasteiger partial charge in [0.2, 0.25) is 0 Å². The molecule has 0 saturated heterocycles. The lowest BCUT2D eigenvalue weighted by molar-refractivity contribution is 0.355. The topological polar surface area (TPSA) is 89.1 Å². The average Bonchev–Trinajstić information content (AvgIpc) is 2.53. The third-order valence-electron chi connectivity index (χ3n) is 3.22. The van der Waals surface area contributed by atoms with Gasteiger partial charge in [-0.25, -0.2) is 0 Å². The number of nitrogens with one attached hydrogen (secondary N) is 2. The van der Waals surface area contributed by atoms with E-state index in [0.29, 0.717) is 28.6 Å². The van der Waals surface area contributed by atoms with E-state index in [1.54, 1.807) is 39.5 Å². The molecule has 2 rings (SSSR count). The maximum absolute atomic E-state index is 12.0. The number of rotatable bonds is 5. The van der Waals surface area contributed by atoms with Gasteiger partial charge in [-0.2, -0.15) is 0 Å². The van der Waals surface area contributed by atoms with Crippen LogP contribution < -0.4 is 20.3 Å². The van der Waals surface area contributed by atoms with Gasteiger partial charge in [-0.1, -0.05) is 0 Å². The zero-order chi connectivity index (χ0) is 15.4. The van der Waals surface area contributed by atoms with Gasteiger partial charge in [0.1, 0.15) is 5.69 Å². The molecule has 7 heteroatoms. The summed E-state index contributed by atoms with van der Waals surface area (Å²) in [6.07, 6.45) is 0. The molecule has 112 valence electrons. The van der Waals surface area contributed by atoms with Crippen molar-refractivity contribution < 1.29 is 9.47 Å². The second kappa shape index (κ2) is 6.36. The summed E-state index contributed by atoms with van der Waals surface area (Å²) in [5, 5.41) is 11.0.